The Labute approximate surface area is 324 Å². The molecule has 3 saturated carbocycles. The molecule has 0 bridgehead atoms. The van der Waals surface area contributed by atoms with Crippen molar-refractivity contribution in [2.75, 3.05) is 19.0 Å². The van der Waals surface area contributed by atoms with E-state index in [1.807, 2.05) is 50.4 Å². The lowest BCUT2D eigenvalue weighted by Crippen LogP contribution is -2.59. The predicted molar refractivity (Wildman–Crippen MR) is 207 cm³/mol. The number of pyridine rings is 1. The van der Waals surface area contributed by atoms with E-state index in [4.69, 9.17) is 24.2 Å². The molecule has 1 aliphatic heterocycles. The molecule has 5 atom stereocenters. The summed E-state index contributed by atoms with van der Waals surface area (Å²) in [6.45, 7) is 9.21. The van der Waals surface area contributed by atoms with E-state index in [2.05, 4.69) is 22.5 Å². The normalized spacial score (nSPS) is 24.4. The molecule has 1 saturated heterocycles. The smallest absolute Gasteiger partial charge is 0.408 e. The zero-order valence-electron chi connectivity index (χ0n) is 31.8. The number of carbonyl (C=O) groups excluding carboxylic acids is 3. The second-order valence-electron chi connectivity index (χ2n) is 16.2. The maximum atomic E-state index is 14.6. The molecule has 3 heterocycles. The van der Waals surface area contributed by atoms with Crippen LogP contribution in [0.4, 0.5) is 9.93 Å². The molecule has 1 unspecified atom stereocenters. The Hall–Kier alpha value is -4.92. The molecule has 0 radical (unpaired) electrons. The topological polar surface area (TPSA) is 181 Å². The summed E-state index contributed by atoms with van der Waals surface area (Å²) < 4.78 is 17.9. The van der Waals surface area contributed by atoms with E-state index in [0.717, 1.165) is 43.7 Å². The molecule has 4 N–H and O–H groups in total. The van der Waals surface area contributed by atoms with Crippen LogP contribution in [0.1, 0.15) is 78.6 Å². The molecule has 14 nitrogen and oxygen atoms in total. The van der Waals surface area contributed by atoms with Gasteiger partial charge >= 0.3 is 12.1 Å². The summed E-state index contributed by atoms with van der Waals surface area (Å²) in [7, 11) is 1.58. The molecule has 294 valence electrons. The highest BCUT2D eigenvalue weighted by molar-refractivity contribution is 7.14. The molecule has 3 aliphatic carbocycles. The lowest BCUT2D eigenvalue weighted by Gasteiger charge is -2.35. The van der Waals surface area contributed by atoms with Crippen molar-refractivity contribution >= 4 is 51.2 Å². The highest BCUT2D eigenvalue weighted by Crippen LogP contribution is 2.45. The molecule has 4 aliphatic rings. The van der Waals surface area contributed by atoms with Gasteiger partial charge in [0, 0.05) is 41.3 Å². The number of fused-ring (bicyclic) bond motifs is 1. The summed E-state index contributed by atoms with van der Waals surface area (Å²) >= 11 is 1.51. The van der Waals surface area contributed by atoms with E-state index in [1.165, 1.54) is 28.7 Å². The highest BCUT2D eigenvalue weighted by Gasteiger charge is 2.61. The van der Waals surface area contributed by atoms with E-state index >= 15 is 0 Å². The van der Waals surface area contributed by atoms with Gasteiger partial charge in [-0.05, 0) is 68.9 Å². The van der Waals surface area contributed by atoms with Crippen LogP contribution in [0.15, 0.2) is 42.3 Å². The average molecular weight is 775 g/mol. The van der Waals surface area contributed by atoms with Gasteiger partial charge < -0.3 is 40.2 Å². The number of alkyl carbamates (subject to hydrolysis) is 1. The maximum absolute atomic E-state index is 14.6. The summed E-state index contributed by atoms with van der Waals surface area (Å²) in [4.78, 5) is 65.3. The minimum atomic E-state index is -1.51. The SMILES string of the molecule is C=C[C@@H]1C[C@]1(NC(=O)C1C[C@@H](Oc2cc(-c3csc(NC4CCC4)n3)nc3cc(OC)ccc23)CN1C(=O)[C@@H](NC(=O)OC1CCCC1)C(C)(C)C)C(=O)O. The number of hydrogen-bond donors (Lipinski definition) is 4. The summed E-state index contributed by atoms with van der Waals surface area (Å²) in [5, 5.41) is 22.6. The molecule has 2 aromatic heterocycles. The standard InChI is InChI=1S/C40H50N6O8S/c1-6-22-19-40(22,36(49)50)45-34(47)31-17-26(20-46(31)35(48)33(39(2,3)4)44-38(51)54-24-12-7-8-13-24)53-32-18-29(42-28-16-25(52-5)14-15-27(28)32)30-21-55-37(43-30)41-23-10-9-11-23/h6,14-16,18,21-24,26,31,33H,1,7-13,17,19-20H2,2-5H3,(H,41,43)(H,44,51)(H,45,47)(H,49,50)/t22-,26-,31?,33-,40-/m1/s1. The first-order valence-electron chi connectivity index (χ1n) is 19.1. The lowest BCUT2D eigenvalue weighted by molar-refractivity contribution is -0.146. The van der Waals surface area contributed by atoms with Gasteiger partial charge in [0.2, 0.25) is 11.8 Å². The Morgan fingerprint density at radius 1 is 1.05 bits per heavy atom. The third-order valence-corrected chi connectivity index (χ3v) is 12.1. The first kappa shape index (κ1) is 38.4. The number of nitrogens with one attached hydrogen (secondary N) is 3. The second kappa shape index (κ2) is 15.3. The van der Waals surface area contributed by atoms with Gasteiger partial charge in [-0.1, -0.05) is 26.8 Å². The van der Waals surface area contributed by atoms with Gasteiger partial charge in [0.25, 0.3) is 0 Å². The van der Waals surface area contributed by atoms with Crippen LogP contribution in [-0.4, -0.2) is 93.4 Å². The van der Waals surface area contributed by atoms with Crippen molar-refractivity contribution in [3.8, 4) is 22.9 Å². The van der Waals surface area contributed by atoms with Crippen LogP contribution in [0, 0.1) is 11.3 Å². The Balaban J connectivity index is 1.19. The van der Waals surface area contributed by atoms with Crippen molar-refractivity contribution < 1.29 is 38.5 Å². The van der Waals surface area contributed by atoms with Crippen LogP contribution < -0.4 is 25.4 Å². The second-order valence-corrected chi connectivity index (χ2v) is 17.1. The first-order chi connectivity index (χ1) is 26.3. The summed E-state index contributed by atoms with van der Waals surface area (Å²) in [5.41, 5.74) is -0.411. The van der Waals surface area contributed by atoms with Gasteiger partial charge in [0.15, 0.2) is 5.13 Å². The highest BCUT2D eigenvalue weighted by atomic mass is 32.1. The van der Waals surface area contributed by atoms with Crippen molar-refractivity contribution in [3.63, 3.8) is 0 Å². The number of nitrogens with zero attached hydrogens (tertiary/aromatic N) is 3. The quantitative estimate of drug-likeness (QED) is 0.152. The number of anilines is 1. The molecule has 4 fully saturated rings. The number of carbonyl (C=O) groups is 4. The molecule has 0 spiro atoms. The van der Waals surface area contributed by atoms with Gasteiger partial charge in [-0.3, -0.25) is 9.59 Å². The van der Waals surface area contributed by atoms with Crippen molar-refractivity contribution in [3.05, 3.63) is 42.3 Å². The van der Waals surface area contributed by atoms with Crippen LogP contribution in [-0.2, 0) is 19.1 Å². The summed E-state index contributed by atoms with van der Waals surface area (Å²) in [6.07, 6.45) is 7.11. The lowest BCUT2D eigenvalue weighted by atomic mass is 9.85. The largest absolute Gasteiger partial charge is 0.497 e. The van der Waals surface area contributed by atoms with Crippen molar-refractivity contribution in [1.29, 1.82) is 0 Å². The Bertz CT molecular complexity index is 1970. The number of aromatic nitrogens is 2. The van der Waals surface area contributed by atoms with Gasteiger partial charge in [-0.2, -0.15) is 0 Å². The zero-order valence-corrected chi connectivity index (χ0v) is 32.6. The van der Waals surface area contributed by atoms with Gasteiger partial charge in [-0.15, -0.1) is 17.9 Å². The number of likely N-dealkylation sites (tertiary alicyclic amines) is 1. The minimum Gasteiger partial charge on any atom is -0.497 e. The van der Waals surface area contributed by atoms with Crippen LogP contribution in [0.3, 0.4) is 0 Å². The fourth-order valence-electron chi connectivity index (χ4n) is 7.71. The number of aliphatic carboxylic acids is 1. The third-order valence-electron chi connectivity index (χ3n) is 11.3. The summed E-state index contributed by atoms with van der Waals surface area (Å²) in [5.74, 6) is -1.65. The molecular weight excluding hydrogens is 725 g/mol. The number of benzene rings is 1. The number of carboxylic acid groups (broad SMARTS) is 1. The maximum Gasteiger partial charge on any atom is 0.408 e. The number of carboxylic acids is 1. The average Bonchev–Trinajstić information content (AvgIpc) is 3.55. The minimum absolute atomic E-state index is 0.00469. The van der Waals surface area contributed by atoms with Gasteiger partial charge in [-0.25, -0.2) is 19.6 Å². The van der Waals surface area contributed by atoms with Gasteiger partial charge in [0.05, 0.1) is 24.9 Å². The molecule has 3 aromatic rings. The number of thiazole rings is 1. The van der Waals surface area contributed by atoms with E-state index in [1.54, 1.807) is 7.11 Å². The molecular formula is C40H50N6O8S. The van der Waals surface area contributed by atoms with E-state index in [-0.39, 0.29) is 25.5 Å². The number of hydrogen-bond acceptors (Lipinski definition) is 11. The van der Waals surface area contributed by atoms with Crippen molar-refractivity contribution in [2.45, 2.75) is 114 Å². The molecule has 7 rings (SSSR count). The van der Waals surface area contributed by atoms with E-state index in [0.29, 0.717) is 39.8 Å². The number of methoxy groups -OCH3 is 1. The number of amides is 3. The molecule has 15 heteroatoms. The van der Waals surface area contributed by atoms with Gasteiger partial charge in [0.1, 0.15) is 47.0 Å². The first-order valence-corrected chi connectivity index (χ1v) is 20.0. The zero-order chi connectivity index (χ0) is 39.1. The Morgan fingerprint density at radius 2 is 1.82 bits per heavy atom. The summed E-state index contributed by atoms with van der Waals surface area (Å²) in [6, 6.07) is 5.55. The fourth-order valence-corrected chi connectivity index (χ4v) is 8.50. The van der Waals surface area contributed by atoms with Crippen molar-refractivity contribution in [1.82, 2.24) is 25.5 Å². The fraction of sp³-hybridized carbons (Fsp3) is 0.550. The van der Waals surface area contributed by atoms with Crippen molar-refractivity contribution in [2.24, 2.45) is 11.3 Å². The predicted octanol–water partition coefficient (Wildman–Crippen LogP) is 5.91. The van der Waals surface area contributed by atoms with E-state index in [9.17, 15) is 24.3 Å². The Kier molecular flexibility index (Phi) is 10.7. The Morgan fingerprint density at radius 3 is 2.45 bits per heavy atom. The monoisotopic (exact) mass is 774 g/mol. The number of rotatable bonds is 13. The number of ether oxygens (including phenoxy) is 3. The van der Waals surface area contributed by atoms with Crippen LogP contribution in [0.2, 0.25) is 0 Å². The van der Waals surface area contributed by atoms with Crippen LogP contribution in [0.25, 0.3) is 22.3 Å². The molecule has 55 heavy (non-hydrogen) atoms. The van der Waals surface area contributed by atoms with Crippen LogP contribution in [0.5, 0.6) is 11.5 Å². The van der Waals surface area contributed by atoms with E-state index < -0.39 is 58.9 Å². The molecule has 1 aromatic carbocycles. The third kappa shape index (κ3) is 8.07. The molecule has 3 amide bonds. The van der Waals surface area contributed by atoms with Crippen LogP contribution >= 0.6 is 11.3 Å².